The molecule has 0 unspecified atom stereocenters. The molecule has 0 radical (unpaired) electrons. The van der Waals surface area contributed by atoms with Gasteiger partial charge in [-0.3, -0.25) is 0 Å². The Morgan fingerprint density at radius 2 is 1.09 bits per heavy atom. The fourth-order valence-electron chi connectivity index (χ4n) is 2.66. The monoisotopic (exact) mass is 338 g/mol. The van der Waals surface area contributed by atoms with Gasteiger partial charge in [-0.05, 0) is 12.8 Å². The zero-order valence-corrected chi connectivity index (χ0v) is 15.4. The molecule has 0 N–H and O–H groups in total. The number of hydrogen-bond acceptors (Lipinski definition) is 4. The van der Waals surface area contributed by atoms with Gasteiger partial charge in [-0.25, -0.2) is 0 Å². The molecule has 0 amide bonds. The third-order valence-electron chi connectivity index (χ3n) is 4.26. The molecular formula is C18H30N2S2. The van der Waals surface area contributed by atoms with Crippen molar-refractivity contribution >= 4 is 23.5 Å². The first-order valence-electron chi connectivity index (χ1n) is 8.38. The highest BCUT2D eigenvalue weighted by atomic mass is 32.2. The van der Waals surface area contributed by atoms with Gasteiger partial charge in [0.2, 0.25) is 0 Å². The van der Waals surface area contributed by atoms with Crippen LogP contribution in [0.5, 0.6) is 0 Å². The van der Waals surface area contributed by atoms with Gasteiger partial charge in [0.25, 0.3) is 0 Å². The Labute approximate surface area is 145 Å². The number of allylic oxidation sites excluding steroid dienone is 2. The van der Waals surface area contributed by atoms with Crippen LogP contribution in [0.1, 0.15) is 12.8 Å². The summed E-state index contributed by atoms with van der Waals surface area (Å²) in [5.41, 5.74) is 2.46. The van der Waals surface area contributed by atoms with Crippen molar-refractivity contribution in [2.45, 2.75) is 12.8 Å². The van der Waals surface area contributed by atoms with Crippen LogP contribution in [0.3, 0.4) is 0 Å². The van der Waals surface area contributed by atoms with Gasteiger partial charge in [-0.15, -0.1) is 0 Å². The van der Waals surface area contributed by atoms with Crippen LogP contribution in [0.4, 0.5) is 0 Å². The van der Waals surface area contributed by atoms with Gasteiger partial charge in [-0.1, -0.05) is 36.5 Å². The lowest BCUT2D eigenvalue weighted by atomic mass is 10.1. The van der Waals surface area contributed by atoms with E-state index in [0.29, 0.717) is 0 Å². The van der Waals surface area contributed by atoms with Crippen molar-refractivity contribution < 1.29 is 0 Å². The summed E-state index contributed by atoms with van der Waals surface area (Å²) in [6.45, 7) is 15.6. The van der Waals surface area contributed by atoms with E-state index in [2.05, 4.69) is 58.6 Å². The van der Waals surface area contributed by atoms with Crippen molar-refractivity contribution in [2.24, 2.45) is 0 Å². The predicted octanol–water partition coefficient (Wildman–Crippen LogP) is 3.53. The van der Waals surface area contributed by atoms with Crippen LogP contribution in [0, 0.1) is 0 Å². The zero-order chi connectivity index (χ0) is 15.6. The molecule has 0 aromatic rings. The molecule has 0 saturated carbocycles. The quantitative estimate of drug-likeness (QED) is 0.624. The second kappa shape index (κ2) is 10.6. The van der Waals surface area contributed by atoms with Crippen LogP contribution in [0.15, 0.2) is 36.5 Å². The summed E-state index contributed by atoms with van der Waals surface area (Å²) in [6.07, 6.45) is 6.51. The lowest BCUT2D eigenvalue weighted by Gasteiger charge is -2.26. The van der Waals surface area contributed by atoms with Crippen LogP contribution >= 0.6 is 23.5 Å². The summed E-state index contributed by atoms with van der Waals surface area (Å²) < 4.78 is 0. The molecule has 2 nitrogen and oxygen atoms in total. The average molecular weight is 339 g/mol. The first-order chi connectivity index (χ1) is 10.7. The molecule has 2 aliphatic rings. The minimum absolute atomic E-state index is 1.08. The van der Waals surface area contributed by atoms with E-state index in [9.17, 15) is 0 Å². The second-order valence-corrected chi connectivity index (χ2v) is 8.51. The minimum atomic E-state index is 1.08. The molecule has 124 valence electrons. The van der Waals surface area contributed by atoms with Gasteiger partial charge < -0.3 is 9.80 Å². The molecule has 22 heavy (non-hydrogen) atoms. The Morgan fingerprint density at radius 1 is 0.727 bits per heavy atom. The molecule has 0 aromatic heterocycles. The van der Waals surface area contributed by atoms with Crippen LogP contribution in [-0.2, 0) is 0 Å². The van der Waals surface area contributed by atoms with E-state index in [1.54, 1.807) is 0 Å². The first kappa shape index (κ1) is 18.2. The van der Waals surface area contributed by atoms with E-state index in [1.807, 2.05) is 0 Å². The highest BCUT2D eigenvalue weighted by Crippen LogP contribution is 2.13. The van der Waals surface area contributed by atoms with E-state index >= 15 is 0 Å². The lowest BCUT2D eigenvalue weighted by Crippen LogP contribution is -2.33. The molecule has 0 aromatic carbocycles. The summed E-state index contributed by atoms with van der Waals surface area (Å²) in [4.78, 5) is 5.11. The lowest BCUT2D eigenvalue weighted by molar-refractivity contribution is 0.307. The van der Waals surface area contributed by atoms with Crippen LogP contribution in [0.2, 0.25) is 0 Å². The van der Waals surface area contributed by atoms with Crippen molar-refractivity contribution in [1.82, 2.24) is 9.80 Å². The molecule has 0 spiro atoms. The Morgan fingerprint density at radius 3 is 1.45 bits per heavy atom. The SMILES string of the molecule is C=C(C=CC(=C)CCN1CCSCC1)CCN1CCSCC1. The Kier molecular flexibility index (Phi) is 8.75. The first-order valence-corrected chi connectivity index (χ1v) is 10.7. The predicted molar refractivity (Wildman–Crippen MR) is 104 cm³/mol. The van der Waals surface area contributed by atoms with Gasteiger partial charge in [0, 0.05) is 62.3 Å². The smallest absolute Gasteiger partial charge is 0.00728 e. The summed E-state index contributed by atoms with van der Waals surface area (Å²) in [7, 11) is 0. The summed E-state index contributed by atoms with van der Waals surface area (Å²) in [5, 5.41) is 0. The third kappa shape index (κ3) is 7.40. The normalized spacial score (nSPS) is 21.3. The van der Waals surface area contributed by atoms with Gasteiger partial charge in [0.15, 0.2) is 0 Å². The Bertz CT molecular complexity index is 345. The zero-order valence-electron chi connectivity index (χ0n) is 13.8. The molecule has 2 heterocycles. The fraction of sp³-hybridized carbons (Fsp3) is 0.667. The van der Waals surface area contributed by atoms with Crippen LogP contribution < -0.4 is 0 Å². The third-order valence-corrected chi connectivity index (χ3v) is 6.15. The van der Waals surface area contributed by atoms with E-state index in [0.717, 1.165) is 25.9 Å². The van der Waals surface area contributed by atoms with Crippen molar-refractivity contribution in [3.63, 3.8) is 0 Å². The van der Waals surface area contributed by atoms with Crippen molar-refractivity contribution in [2.75, 3.05) is 62.3 Å². The molecule has 0 atom stereocenters. The molecule has 2 fully saturated rings. The van der Waals surface area contributed by atoms with Crippen molar-refractivity contribution in [1.29, 1.82) is 0 Å². The maximum Gasteiger partial charge on any atom is 0.00728 e. The van der Waals surface area contributed by atoms with Gasteiger partial charge >= 0.3 is 0 Å². The Balaban J connectivity index is 1.58. The molecule has 2 rings (SSSR count). The number of thioether (sulfide) groups is 2. The molecule has 0 bridgehead atoms. The standard InChI is InChI=1S/C18H30N2S2/c1-17(5-7-19-9-13-21-14-10-19)3-4-18(2)6-8-20-11-15-22-16-12-20/h3-4H,1-2,5-16H2. The molecule has 2 aliphatic heterocycles. The van der Waals surface area contributed by atoms with E-state index in [4.69, 9.17) is 0 Å². The highest BCUT2D eigenvalue weighted by molar-refractivity contribution is 7.99. The summed E-state index contributed by atoms with van der Waals surface area (Å²) in [6, 6.07) is 0. The molecule has 2 saturated heterocycles. The maximum absolute atomic E-state index is 4.19. The topological polar surface area (TPSA) is 6.48 Å². The fourth-order valence-corrected chi connectivity index (χ4v) is 4.61. The van der Waals surface area contributed by atoms with Crippen LogP contribution in [-0.4, -0.2) is 72.1 Å². The number of nitrogens with zero attached hydrogens (tertiary/aromatic N) is 2. The van der Waals surface area contributed by atoms with Gasteiger partial charge in [0.1, 0.15) is 0 Å². The molecule has 0 aliphatic carbocycles. The maximum atomic E-state index is 4.19. The second-order valence-electron chi connectivity index (χ2n) is 6.06. The number of hydrogen-bond donors (Lipinski definition) is 0. The van der Waals surface area contributed by atoms with Gasteiger partial charge in [0.05, 0.1) is 0 Å². The van der Waals surface area contributed by atoms with Gasteiger partial charge in [-0.2, -0.15) is 23.5 Å². The summed E-state index contributed by atoms with van der Waals surface area (Å²) >= 11 is 4.14. The van der Waals surface area contributed by atoms with Crippen LogP contribution in [0.25, 0.3) is 0 Å². The highest BCUT2D eigenvalue weighted by Gasteiger charge is 2.10. The largest absolute Gasteiger partial charge is 0.301 e. The van der Waals surface area contributed by atoms with E-state index in [-0.39, 0.29) is 0 Å². The molecular weight excluding hydrogens is 308 g/mol. The molecule has 4 heteroatoms. The van der Waals surface area contributed by atoms with Crippen molar-refractivity contribution in [3.8, 4) is 0 Å². The van der Waals surface area contributed by atoms with Crippen molar-refractivity contribution in [3.05, 3.63) is 36.5 Å². The number of rotatable bonds is 8. The van der Waals surface area contributed by atoms with E-state index in [1.165, 1.54) is 60.3 Å². The minimum Gasteiger partial charge on any atom is -0.301 e. The Hall–Kier alpha value is -0.160. The average Bonchev–Trinajstić information content (AvgIpc) is 2.58. The van der Waals surface area contributed by atoms with E-state index < -0.39 is 0 Å². The summed E-state index contributed by atoms with van der Waals surface area (Å²) in [5.74, 6) is 5.14.